The lowest BCUT2D eigenvalue weighted by molar-refractivity contribution is -0.137. The summed E-state index contributed by atoms with van der Waals surface area (Å²) in [6.07, 6.45) is -4.55. The van der Waals surface area contributed by atoms with Gasteiger partial charge in [0.1, 0.15) is 11.1 Å². The third-order valence-electron chi connectivity index (χ3n) is 4.57. The van der Waals surface area contributed by atoms with Gasteiger partial charge in [-0.3, -0.25) is 4.79 Å². The van der Waals surface area contributed by atoms with E-state index in [9.17, 15) is 18.0 Å². The van der Waals surface area contributed by atoms with Crippen LogP contribution in [0.5, 0.6) is 0 Å². The second-order valence-corrected chi connectivity index (χ2v) is 8.12. The van der Waals surface area contributed by atoms with Crippen LogP contribution in [0.15, 0.2) is 53.7 Å². The summed E-state index contributed by atoms with van der Waals surface area (Å²) < 4.78 is 40.8. The summed E-state index contributed by atoms with van der Waals surface area (Å²) in [4.78, 5) is 13.1. The van der Waals surface area contributed by atoms with Crippen molar-refractivity contribution in [2.75, 3.05) is 10.7 Å². The molecule has 11 heteroatoms. The summed E-state index contributed by atoms with van der Waals surface area (Å²) in [5, 5.41) is 10.4. The Morgan fingerprint density at radius 2 is 1.93 bits per heavy atom. The minimum Gasteiger partial charge on any atom is -0.324 e. The van der Waals surface area contributed by atoms with Crippen LogP contribution in [0.1, 0.15) is 23.0 Å². The van der Waals surface area contributed by atoms with Crippen LogP contribution in [0.3, 0.4) is 0 Å². The molecule has 6 nitrogen and oxygen atoms in total. The Labute approximate surface area is 178 Å². The maximum atomic E-state index is 13.1. The number of nitrogens with one attached hydrogen (secondary N) is 2. The molecule has 2 atom stereocenters. The molecule has 0 fully saturated rings. The fourth-order valence-corrected chi connectivity index (χ4v) is 4.36. The lowest BCUT2D eigenvalue weighted by atomic mass is 10.0. The van der Waals surface area contributed by atoms with Gasteiger partial charge < -0.3 is 10.7 Å². The van der Waals surface area contributed by atoms with Crippen molar-refractivity contribution in [3.63, 3.8) is 0 Å². The van der Waals surface area contributed by atoms with E-state index in [2.05, 4.69) is 20.9 Å². The molecule has 2 aromatic carbocycles. The Morgan fingerprint density at radius 1 is 1.20 bits per heavy atom. The number of halogens is 4. The fourth-order valence-electron chi connectivity index (χ4n) is 3.07. The molecule has 30 heavy (non-hydrogen) atoms. The van der Waals surface area contributed by atoms with E-state index in [1.54, 1.807) is 11.6 Å². The molecule has 1 aromatic heterocycles. The smallest absolute Gasteiger partial charge is 0.324 e. The zero-order valence-electron chi connectivity index (χ0n) is 15.4. The van der Waals surface area contributed by atoms with E-state index in [1.807, 2.05) is 30.3 Å². The number of anilines is 1. The molecular formula is C19H15ClF3N5OS. The normalized spacial score (nSPS) is 18.4. The van der Waals surface area contributed by atoms with Gasteiger partial charge in [0.2, 0.25) is 11.1 Å². The predicted octanol–water partition coefficient (Wildman–Crippen LogP) is 4.66. The number of thioether (sulfide) groups is 1. The first-order valence-corrected chi connectivity index (χ1v) is 10.1. The van der Waals surface area contributed by atoms with E-state index in [0.717, 1.165) is 23.8 Å². The van der Waals surface area contributed by atoms with Gasteiger partial charge in [-0.2, -0.15) is 13.2 Å². The molecule has 4 rings (SSSR count). The number of rotatable bonds is 3. The van der Waals surface area contributed by atoms with Crippen molar-refractivity contribution in [2.24, 2.45) is 0 Å². The average Bonchev–Trinajstić information content (AvgIpc) is 3.08. The number of amides is 1. The molecule has 1 aliphatic heterocycles. The second-order valence-electron chi connectivity index (χ2n) is 6.60. The van der Waals surface area contributed by atoms with E-state index in [0.29, 0.717) is 11.0 Å². The van der Waals surface area contributed by atoms with E-state index in [-0.39, 0.29) is 10.7 Å². The Hall–Kier alpha value is -2.72. The molecule has 0 bridgehead atoms. The number of hydrogen-bond acceptors (Lipinski definition) is 5. The molecule has 2 N–H and O–H groups in total. The Balaban J connectivity index is 1.66. The molecule has 0 saturated carbocycles. The van der Waals surface area contributed by atoms with Gasteiger partial charge in [0.05, 0.1) is 22.3 Å². The van der Waals surface area contributed by atoms with E-state index >= 15 is 0 Å². The van der Waals surface area contributed by atoms with Gasteiger partial charge in [-0.1, -0.05) is 53.7 Å². The molecule has 0 radical (unpaired) electrons. The van der Waals surface area contributed by atoms with Gasteiger partial charge in [0.15, 0.2) is 0 Å². The van der Waals surface area contributed by atoms with Crippen molar-refractivity contribution in [1.29, 1.82) is 0 Å². The summed E-state index contributed by atoms with van der Waals surface area (Å²) in [5.74, 6) is 0.118. The first-order valence-electron chi connectivity index (χ1n) is 8.82. The maximum absolute atomic E-state index is 13.1. The molecule has 1 amide bonds. The van der Waals surface area contributed by atoms with Crippen molar-refractivity contribution in [3.05, 3.63) is 70.5 Å². The van der Waals surface area contributed by atoms with Crippen LogP contribution in [0.2, 0.25) is 5.02 Å². The van der Waals surface area contributed by atoms with Gasteiger partial charge in [0, 0.05) is 0 Å². The van der Waals surface area contributed by atoms with Crippen molar-refractivity contribution >= 4 is 35.0 Å². The number of nitrogens with zero attached hydrogens (tertiary/aromatic N) is 3. The van der Waals surface area contributed by atoms with E-state index in [4.69, 9.17) is 11.6 Å². The van der Waals surface area contributed by atoms with Crippen LogP contribution >= 0.6 is 23.4 Å². The SMILES string of the molecule is Cc1nnc2n1NC(c1ccccc1)C(C(=O)Nc1cc(C(F)(F)F)ccc1Cl)S2. The number of benzene rings is 2. The largest absolute Gasteiger partial charge is 0.416 e. The van der Waals surface area contributed by atoms with Gasteiger partial charge in [-0.15, -0.1) is 10.2 Å². The zero-order valence-corrected chi connectivity index (χ0v) is 17.0. The summed E-state index contributed by atoms with van der Waals surface area (Å²) >= 11 is 7.21. The second kappa shape index (κ2) is 7.84. The van der Waals surface area contributed by atoms with Crippen LogP contribution in [-0.2, 0) is 11.0 Å². The van der Waals surface area contributed by atoms with Gasteiger partial charge in [0.25, 0.3) is 0 Å². The number of aryl methyl sites for hydroxylation is 1. The van der Waals surface area contributed by atoms with Crippen LogP contribution in [0.4, 0.5) is 18.9 Å². The summed E-state index contributed by atoms with van der Waals surface area (Å²) in [6.45, 7) is 1.77. The number of alkyl halides is 3. The molecule has 0 spiro atoms. The number of hydrogen-bond donors (Lipinski definition) is 2. The topological polar surface area (TPSA) is 71.8 Å². The number of carbonyl (C=O) groups excluding carboxylic acids is 1. The van der Waals surface area contributed by atoms with E-state index < -0.39 is 28.9 Å². The van der Waals surface area contributed by atoms with E-state index in [1.165, 1.54) is 11.8 Å². The molecule has 156 valence electrons. The lowest BCUT2D eigenvalue weighted by Crippen LogP contribution is -2.41. The van der Waals surface area contributed by atoms with Crippen molar-refractivity contribution in [2.45, 2.75) is 29.5 Å². The third kappa shape index (κ3) is 3.97. The lowest BCUT2D eigenvalue weighted by Gasteiger charge is -2.32. The predicted molar refractivity (Wildman–Crippen MR) is 108 cm³/mol. The summed E-state index contributed by atoms with van der Waals surface area (Å²) in [7, 11) is 0. The zero-order chi connectivity index (χ0) is 21.5. The highest BCUT2D eigenvalue weighted by Crippen LogP contribution is 2.39. The van der Waals surface area contributed by atoms with Crippen LogP contribution < -0.4 is 10.7 Å². The average molecular weight is 454 g/mol. The molecule has 3 aromatic rings. The van der Waals surface area contributed by atoms with Gasteiger partial charge in [-0.05, 0) is 30.7 Å². The van der Waals surface area contributed by atoms with Gasteiger partial charge in [-0.25, -0.2) is 4.68 Å². The first kappa shape index (κ1) is 20.5. The fraction of sp³-hybridized carbons (Fsp3) is 0.211. The maximum Gasteiger partial charge on any atom is 0.416 e. The highest BCUT2D eigenvalue weighted by molar-refractivity contribution is 8.00. The summed E-state index contributed by atoms with van der Waals surface area (Å²) in [6, 6.07) is 11.6. The Bertz CT molecular complexity index is 1090. The molecule has 0 aliphatic carbocycles. The number of aromatic nitrogens is 3. The molecule has 2 unspecified atom stereocenters. The number of fused-ring (bicyclic) bond motifs is 1. The first-order chi connectivity index (χ1) is 14.2. The summed E-state index contributed by atoms with van der Waals surface area (Å²) in [5.41, 5.74) is 3.06. The molecular weight excluding hydrogens is 439 g/mol. The van der Waals surface area contributed by atoms with Crippen molar-refractivity contribution in [1.82, 2.24) is 14.9 Å². The minimum absolute atomic E-state index is 0.0143. The van der Waals surface area contributed by atoms with Crippen molar-refractivity contribution < 1.29 is 18.0 Å². The standard InChI is InChI=1S/C19H15ClF3N5OS/c1-10-25-26-18-28(10)27-15(11-5-3-2-4-6-11)16(30-18)17(29)24-14-9-12(19(21,22)23)7-8-13(14)20/h2-9,15-16,27H,1H3,(H,24,29). The monoisotopic (exact) mass is 453 g/mol. The quantitative estimate of drug-likeness (QED) is 0.603. The van der Waals surface area contributed by atoms with Crippen LogP contribution in [0.25, 0.3) is 0 Å². The highest BCUT2D eigenvalue weighted by atomic mass is 35.5. The molecule has 2 heterocycles. The van der Waals surface area contributed by atoms with Crippen LogP contribution in [-0.4, -0.2) is 26.0 Å². The van der Waals surface area contributed by atoms with Crippen molar-refractivity contribution in [3.8, 4) is 0 Å². The molecule has 1 aliphatic rings. The Morgan fingerprint density at radius 3 is 2.63 bits per heavy atom. The van der Waals surface area contributed by atoms with Gasteiger partial charge >= 0.3 is 6.18 Å². The minimum atomic E-state index is -4.55. The highest BCUT2D eigenvalue weighted by Gasteiger charge is 2.38. The third-order valence-corrected chi connectivity index (χ3v) is 6.11. The molecule has 0 saturated heterocycles. The Kier molecular flexibility index (Phi) is 5.37. The number of carbonyl (C=O) groups is 1. The van der Waals surface area contributed by atoms with Crippen LogP contribution in [0, 0.1) is 6.92 Å².